The number of thiophene rings is 1. The molecule has 0 aliphatic rings. The molecule has 0 bridgehead atoms. The molecule has 2 aromatic heterocycles. The van der Waals surface area contributed by atoms with Crippen molar-refractivity contribution in [2.24, 2.45) is 7.05 Å². The zero-order valence-corrected chi connectivity index (χ0v) is 15.9. The summed E-state index contributed by atoms with van der Waals surface area (Å²) in [5.74, 6) is 0.537. The molecule has 2 rings (SSSR count). The van der Waals surface area contributed by atoms with E-state index in [2.05, 4.69) is 29.0 Å². The van der Waals surface area contributed by atoms with Crippen LogP contribution in [0, 0.1) is 13.8 Å². The number of rotatable bonds is 7. The standard InChI is InChI=1S/C17H26N4O2S/c1-6-21(7-2)10-8-9-18-15(22)14-11(3)13-16(24-14)19-12(4)20(5)17(13)23/h6-10H2,1-5H3,(H,18,22). The third-order valence-electron chi connectivity index (χ3n) is 4.43. The molecule has 1 amide bonds. The van der Waals surface area contributed by atoms with Crippen molar-refractivity contribution in [1.29, 1.82) is 0 Å². The van der Waals surface area contributed by atoms with Crippen molar-refractivity contribution in [2.75, 3.05) is 26.2 Å². The third kappa shape index (κ3) is 3.67. The number of fused-ring (bicyclic) bond motifs is 1. The summed E-state index contributed by atoms with van der Waals surface area (Å²) >= 11 is 1.30. The van der Waals surface area contributed by atoms with E-state index in [4.69, 9.17) is 0 Å². The van der Waals surface area contributed by atoms with Crippen molar-refractivity contribution in [3.05, 3.63) is 26.6 Å². The largest absolute Gasteiger partial charge is 0.351 e. The molecule has 2 heterocycles. The minimum absolute atomic E-state index is 0.0909. The Balaban J connectivity index is 2.12. The van der Waals surface area contributed by atoms with Crippen LogP contribution in [0.15, 0.2) is 4.79 Å². The first-order valence-corrected chi connectivity index (χ1v) is 9.19. The minimum Gasteiger partial charge on any atom is -0.351 e. The zero-order chi connectivity index (χ0) is 17.9. The van der Waals surface area contributed by atoms with E-state index in [1.807, 2.05) is 6.92 Å². The van der Waals surface area contributed by atoms with Crippen molar-refractivity contribution < 1.29 is 4.79 Å². The molecule has 6 nitrogen and oxygen atoms in total. The lowest BCUT2D eigenvalue weighted by molar-refractivity contribution is 0.0955. The minimum atomic E-state index is -0.116. The Morgan fingerprint density at radius 1 is 1.29 bits per heavy atom. The van der Waals surface area contributed by atoms with Gasteiger partial charge in [0.2, 0.25) is 0 Å². The molecule has 0 unspecified atom stereocenters. The van der Waals surface area contributed by atoms with Crippen LogP contribution in [0.3, 0.4) is 0 Å². The van der Waals surface area contributed by atoms with E-state index >= 15 is 0 Å². The van der Waals surface area contributed by atoms with Gasteiger partial charge in [-0.2, -0.15) is 0 Å². The van der Waals surface area contributed by atoms with Crippen molar-refractivity contribution >= 4 is 27.5 Å². The maximum Gasteiger partial charge on any atom is 0.262 e. The number of carbonyl (C=O) groups excluding carboxylic acids is 1. The second kappa shape index (κ2) is 7.90. The molecule has 0 saturated heterocycles. The van der Waals surface area contributed by atoms with Gasteiger partial charge in [-0.1, -0.05) is 13.8 Å². The van der Waals surface area contributed by atoms with Gasteiger partial charge in [0.25, 0.3) is 11.5 Å². The molecule has 0 atom stereocenters. The van der Waals surface area contributed by atoms with Crippen LogP contribution in [0.25, 0.3) is 10.2 Å². The highest BCUT2D eigenvalue weighted by Gasteiger charge is 2.19. The summed E-state index contributed by atoms with van der Waals surface area (Å²) < 4.78 is 1.52. The summed E-state index contributed by atoms with van der Waals surface area (Å²) in [6, 6.07) is 0. The Morgan fingerprint density at radius 3 is 2.58 bits per heavy atom. The maximum atomic E-state index is 12.4. The van der Waals surface area contributed by atoms with Gasteiger partial charge >= 0.3 is 0 Å². The van der Waals surface area contributed by atoms with Crippen LogP contribution >= 0.6 is 11.3 Å². The number of carbonyl (C=O) groups is 1. The Morgan fingerprint density at radius 2 is 1.96 bits per heavy atom. The first kappa shape index (κ1) is 18.6. The van der Waals surface area contributed by atoms with Crippen LogP contribution in [0.5, 0.6) is 0 Å². The van der Waals surface area contributed by atoms with E-state index in [0.29, 0.717) is 27.5 Å². The highest BCUT2D eigenvalue weighted by Crippen LogP contribution is 2.27. The molecule has 0 aliphatic carbocycles. The smallest absolute Gasteiger partial charge is 0.262 e. The number of nitrogens with one attached hydrogen (secondary N) is 1. The van der Waals surface area contributed by atoms with E-state index in [0.717, 1.165) is 31.6 Å². The highest BCUT2D eigenvalue weighted by molar-refractivity contribution is 7.20. The van der Waals surface area contributed by atoms with Crippen molar-refractivity contribution in [3.8, 4) is 0 Å². The van der Waals surface area contributed by atoms with Gasteiger partial charge < -0.3 is 10.2 Å². The van der Waals surface area contributed by atoms with E-state index in [-0.39, 0.29) is 11.5 Å². The molecule has 2 aromatic rings. The number of amides is 1. The van der Waals surface area contributed by atoms with E-state index in [1.54, 1.807) is 14.0 Å². The molecular weight excluding hydrogens is 324 g/mol. The molecule has 0 radical (unpaired) electrons. The van der Waals surface area contributed by atoms with Crippen LogP contribution in [0.4, 0.5) is 0 Å². The van der Waals surface area contributed by atoms with Gasteiger partial charge in [-0.05, 0) is 45.5 Å². The zero-order valence-electron chi connectivity index (χ0n) is 15.1. The SMILES string of the molecule is CCN(CC)CCCNC(=O)c1sc2nc(C)n(C)c(=O)c2c1C. The van der Waals surface area contributed by atoms with E-state index in [1.165, 1.54) is 15.9 Å². The molecule has 0 aliphatic heterocycles. The lowest BCUT2D eigenvalue weighted by Gasteiger charge is -2.17. The van der Waals surface area contributed by atoms with Gasteiger partial charge in [0.05, 0.1) is 10.3 Å². The Labute approximate surface area is 146 Å². The molecule has 0 fully saturated rings. The predicted octanol–water partition coefficient (Wildman–Crippen LogP) is 2.07. The second-order valence-corrected chi connectivity index (χ2v) is 6.89. The summed E-state index contributed by atoms with van der Waals surface area (Å²) in [6.07, 6.45) is 0.913. The second-order valence-electron chi connectivity index (χ2n) is 5.90. The molecular formula is C17H26N4O2S. The van der Waals surface area contributed by atoms with E-state index in [9.17, 15) is 9.59 Å². The summed E-state index contributed by atoms with van der Waals surface area (Å²) in [4.78, 5) is 32.8. The first-order chi connectivity index (χ1) is 11.4. The van der Waals surface area contributed by atoms with E-state index < -0.39 is 0 Å². The third-order valence-corrected chi connectivity index (χ3v) is 5.62. The molecule has 24 heavy (non-hydrogen) atoms. The maximum absolute atomic E-state index is 12.4. The molecule has 132 valence electrons. The van der Waals surface area contributed by atoms with Gasteiger partial charge in [0.15, 0.2) is 0 Å². The average molecular weight is 350 g/mol. The highest BCUT2D eigenvalue weighted by atomic mass is 32.1. The molecule has 0 aromatic carbocycles. The van der Waals surface area contributed by atoms with Gasteiger partial charge in [0.1, 0.15) is 10.7 Å². The van der Waals surface area contributed by atoms with Crippen LogP contribution < -0.4 is 10.9 Å². The van der Waals surface area contributed by atoms with Crippen LogP contribution in [0.1, 0.15) is 41.3 Å². The van der Waals surface area contributed by atoms with Crippen molar-refractivity contribution in [3.63, 3.8) is 0 Å². The number of nitrogens with zero attached hydrogens (tertiary/aromatic N) is 3. The lowest BCUT2D eigenvalue weighted by atomic mass is 10.2. The molecule has 7 heteroatoms. The summed E-state index contributed by atoms with van der Waals surface area (Å²) in [6.45, 7) is 11.5. The number of aromatic nitrogens is 2. The fourth-order valence-corrected chi connectivity index (χ4v) is 3.84. The van der Waals surface area contributed by atoms with Gasteiger partial charge in [-0.3, -0.25) is 14.2 Å². The van der Waals surface area contributed by atoms with Crippen molar-refractivity contribution in [1.82, 2.24) is 19.8 Å². The van der Waals surface area contributed by atoms with Crippen LogP contribution in [-0.4, -0.2) is 46.5 Å². The fourth-order valence-electron chi connectivity index (χ4n) is 2.71. The lowest BCUT2D eigenvalue weighted by Crippen LogP contribution is -2.29. The van der Waals surface area contributed by atoms with Gasteiger partial charge in [0, 0.05) is 13.6 Å². The Bertz CT molecular complexity index is 790. The van der Waals surface area contributed by atoms with Gasteiger partial charge in [-0.15, -0.1) is 11.3 Å². The first-order valence-electron chi connectivity index (χ1n) is 8.37. The molecule has 0 saturated carbocycles. The monoisotopic (exact) mass is 350 g/mol. The fraction of sp³-hybridized carbons (Fsp3) is 0.588. The van der Waals surface area contributed by atoms with Crippen LogP contribution in [0.2, 0.25) is 0 Å². The average Bonchev–Trinajstić information content (AvgIpc) is 2.89. The summed E-state index contributed by atoms with van der Waals surface area (Å²) in [5.41, 5.74) is 0.635. The number of hydrogen-bond donors (Lipinski definition) is 1. The van der Waals surface area contributed by atoms with Gasteiger partial charge in [-0.25, -0.2) is 4.98 Å². The summed E-state index contributed by atoms with van der Waals surface area (Å²) in [5, 5.41) is 3.52. The number of hydrogen-bond acceptors (Lipinski definition) is 5. The predicted molar refractivity (Wildman–Crippen MR) is 99.1 cm³/mol. The topological polar surface area (TPSA) is 67.2 Å². The Kier molecular flexibility index (Phi) is 6.12. The molecule has 1 N–H and O–H groups in total. The summed E-state index contributed by atoms with van der Waals surface area (Å²) in [7, 11) is 1.70. The van der Waals surface area contributed by atoms with Crippen molar-refractivity contribution in [2.45, 2.75) is 34.1 Å². The molecule has 0 spiro atoms. The normalized spacial score (nSPS) is 11.4. The van der Waals surface area contributed by atoms with Crippen LogP contribution in [-0.2, 0) is 7.05 Å². The quantitative estimate of drug-likeness (QED) is 0.776. The Hall–Kier alpha value is -1.73. The number of aryl methyl sites for hydroxylation is 2.